The van der Waals surface area contributed by atoms with E-state index >= 15 is 0 Å². The summed E-state index contributed by atoms with van der Waals surface area (Å²) in [4.78, 5) is 35.6. The van der Waals surface area contributed by atoms with Crippen molar-refractivity contribution < 1.29 is 14.7 Å². The van der Waals surface area contributed by atoms with Crippen molar-refractivity contribution in [1.82, 2.24) is 9.88 Å². The quantitative estimate of drug-likeness (QED) is 0.722. The fourth-order valence-electron chi connectivity index (χ4n) is 2.70. The predicted molar refractivity (Wildman–Crippen MR) is 98.7 cm³/mol. The number of hydrogen-bond donors (Lipinski definition) is 2. The first-order chi connectivity index (χ1) is 12.5. The van der Waals surface area contributed by atoms with E-state index in [1.165, 1.54) is 6.20 Å². The second kappa shape index (κ2) is 7.41. The molecule has 1 heterocycles. The van der Waals surface area contributed by atoms with Gasteiger partial charge in [0.25, 0.3) is 5.91 Å². The molecule has 0 bridgehead atoms. The second-order valence-corrected chi connectivity index (χ2v) is 6.09. The maximum Gasteiger partial charge on any atom is 0.322 e. The van der Waals surface area contributed by atoms with Gasteiger partial charge in [0.05, 0.1) is 5.52 Å². The Morgan fingerprint density at radius 1 is 1.08 bits per heavy atom. The topological polar surface area (TPSA) is 88.4 Å². The van der Waals surface area contributed by atoms with E-state index in [0.717, 1.165) is 5.56 Å². The molecule has 2 aromatic carbocycles. The lowest BCUT2D eigenvalue weighted by atomic mass is 10.1. The molecule has 2 N–H and O–H groups in total. The average Bonchev–Trinajstić information content (AvgIpc) is 2.63. The number of amides is 1. The van der Waals surface area contributed by atoms with Crippen LogP contribution < -0.4 is 10.7 Å². The average molecular weight is 371 g/mol. The standard InChI is InChI=1S/C19H15ClN2O4/c20-15-7-3-1-5-12(15)10-22-11-14(19(26)21-9-17(23)24)18(25)13-6-2-4-8-16(13)22/h1-8,11H,9-10H2,(H,21,26)(H,23,24). The Balaban J connectivity index is 2.11. The molecule has 0 fully saturated rings. The number of rotatable bonds is 5. The van der Waals surface area contributed by atoms with Crippen LogP contribution in [0.4, 0.5) is 0 Å². The number of aromatic nitrogens is 1. The largest absolute Gasteiger partial charge is 0.480 e. The Hall–Kier alpha value is -3.12. The first-order valence-corrected chi connectivity index (χ1v) is 8.20. The normalized spacial score (nSPS) is 10.7. The molecule has 7 heteroatoms. The van der Waals surface area contributed by atoms with E-state index in [0.29, 0.717) is 22.5 Å². The first-order valence-electron chi connectivity index (χ1n) is 7.83. The number of para-hydroxylation sites is 1. The molecule has 0 aliphatic rings. The molecule has 0 aliphatic heterocycles. The number of carboxylic acid groups (broad SMARTS) is 1. The Kier molecular flexibility index (Phi) is 5.04. The van der Waals surface area contributed by atoms with Crippen molar-refractivity contribution in [2.45, 2.75) is 6.54 Å². The van der Waals surface area contributed by atoms with Crippen LogP contribution >= 0.6 is 11.6 Å². The molecule has 0 unspecified atom stereocenters. The summed E-state index contributed by atoms with van der Waals surface area (Å²) in [6, 6.07) is 14.2. The van der Waals surface area contributed by atoms with Gasteiger partial charge in [-0.2, -0.15) is 0 Å². The first kappa shape index (κ1) is 17.7. The van der Waals surface area contributed by atoms with E-state index in [1.807, 2.05) is 18.2 Å². The minimum Gasteiger partial charge on any atom is -0.480 e. The zero-order valence-electron chi connectivity index (χ0n) is 13.6. The van der Waals surface area contributed by atoms with E-state index < -0.39 is 23.9 Å². The Bertz CT molecular complexity index is 1060. The highest BCUT2D eigenvalue weighted by Gasteiger charge is 2.16. The molecule has 1 aromatic heterocycles. The van der Waals surface area contributed by atoms with Crippen LogP contribution in [0.1, 0.15) is 15.9 Å². The van der Waals surface area contributed by atoms with Crippen LogP contribution in [0.5, 0.6) is 0 Å². The lowest BCUT2D eigenvalue weighted by Crippen LogP contribution is -2.33. The summed E-state index contributed by atoms with van der Waals surface area (Å²) in [7, 11) is 0. The van der Waals surface area contributed by atoms with E-state index in [-0.39, 0.29) is 5.56 Å². The fourth-order valence-corrected chi connectivity index (χ4v) is 2.89. The van der Waals surface area contributed by atoms with Gasteiger partial charge in [-0.3, -0.25) is 14.4 Å². The van der Waals surface area contributed by atoms with Gasteiger partial charge in [-0.05, 0) is 23.8 Å². The van der Waals surface area contributed by atoms with Gasteiger partial charge in [0.1, 0.15) is 12.1 Å². The number of nitrogens with zero attached hydrogens (tertiary/aromatic N) is 1. The molecular weight excluding hydrogens is 356 g/mol. The number of carbonyl (C=O) groups excluding carboxylic acids is 1. The summed E-state index contributed by atoms with van der Waals surface area (Å²) in [6.45, 7) is -0.199. The predicted octanol–water partition coefficient (Wildman–Crippen LogP) is 2.52. The van der Waals surface area contributed by atoms with Gasteiger partial charge < -0.3 is 15.0 Å². The van der Waals surface area contributed by atoms with E-state index in [9.17, 15) is 14.4 Å². The van der Waals surface area contributed by atoms with Crippen molar-refractivity contribution in [2.75, 3.05) is 6.54 Å². The van der Waals surface area contributed by atoms with Crippen LogP contribution in [0.25, 0.3) is 10.9 Å². The van der Waals surface area contributed by atoms with Gasteiger partial charge in [-0.1, -0.05) is 41.9 Å². The SMILES string of the molecule is O=C(O)CNC(=O)c1cn(Cc2ccccc2Cl)c2ccccc2c1=O. The number of hydrogen-bond acceptors (Lipinski definition) is 3. The zero-order chi connectivity index (χ0) is 18.7. The molecule has 0 spiro atoms. The number of aliphatic carboxylic acids is 1. The summed E-state index contributed by atoms with van der Waals surface area (Å²) in [5.74, 6) is -1.91. The van der Waals surface area contributed by atoms with Crippen LogP contribution in [0, 0.1) is 0 Å². The van der Waals surface area contributed by atoms with Crippen molar-refractivity contribution in [3.63, 3.8) is 0 Å². The van der Waals surface area contributed by atoms with Crippen molar-refractivity contribution in [2.24, 2.45) is 0 Å². The monoisotopic (exact) mass is 370 g/mol. The molecular formula is C19H15ClN2O4. The van der Waals surface area contributed by atoms with Crippen molar-refractivity contribution in [3.05, 3.63) is 81.1 Å². The molecule has 6 nitrogen and oxygen atoms in total. The summed E-state index contributed by atoms with van der Waals surface area (Å²) in [6.07, 6.45) is 1.44. The third kappa shape index (κ3) is 3.60. The second-order valence-electron chi connectivity index (χ2n) is 5.68. The molecule has 132 valence electrons. The number of carboxylic acids is 1. The highest BCUT2D eigenvalue weighted by atomic mass is 35.5. The Morgan fingerprint density at radius 2 is 1.77 bits per heavy atom. The van der Waals surface area contributed by atoms with Gasteiger partial charge in [0, 0.05) is 23.2 Å². The summed E-state index contributed by atoms with van der Waals surface area (Å²) >= 11 is 6.22. The molecule has 3 aromatic rings. The van der Waals surface area contributed by atoms with Gasteiger partial charge in [-0.25, -0.2) is 0 Å². The third-order valence-corrected chi connectivity index (χ3v) is 4.30. The molecule has 26 heavy (non-hydrogen) atoms. The minimum absolute atomic E-state index is 0.114. The summed E-state index contributed by atoms with van der Waals surface area (Å²) < 4.78 is 1.76. The van der Waals surface area contributed by atoms with Crippen LogP contribution in [-0.2, 0) is 11.3 Å². The molecule has 0 saturated carbocycles. The van der Waals surface area contributed by atoms with Crippen molar-refractivity contribution in [1.29, 1.82) is 0 Å². The zero-order valence-corrected chi connectivity index (χ0v) is 14.4. The number of fused-ring (bicyclic) bond motifs is 1. The summed E-state index contributed by atoms with van der Waals surface area (Å²) in [5.41, 5.74) is 0.933. The van der Waals surface area contributed by atoms with Crippen LogP contribution in [0.15, 0.2) is 59.5 Å². The number of nitrogens with one attached hydrogen (secondary N) is 1. The number of halogens is 1. The van der Waals surface area contributed by atoms with Crippen LogP contribution in [0.2, 0.25) is 5.02 Å². The molecule has 1 amide bonds. The molecule has 0 aliphatic carbocycles. The molecule has 0 saturated heterocycles. The van der Waals surface area contributed by atoms with E-state index in [2.05, 4.69) is 5.32 Å². The summed E-state index contributed by atoms with van der Waals surface area (Å²) in [5, 5.41) is 11.9. The number of carbonyl (C=O) groups is 2. The highest BCUT2D eigenvalue weighted by Crippen LogP contribution is 2.19. The van der Waals surface area contributed by atoms with E-state index in [4.69, 9.17) is 16.7 Å². The van der Waals surface area contributed by atoms with Gasteiger partial charge in [0.2, 0.25) is 5.43 Å². The van der Waals surface area contributed by atoms with Crippen molar-refractivity contribution >= 4 is 34.4 Å². The third-order valence-electron chi connectivity index (χ3n) is 3.93. The Labute approximate surface area is 153 Å². The maximum absolute atomic E-state index is 12.6. The van der Waals surface area contributed by atoms with E-state index in [1.54, 1.807) is 34.9 Å². The fraction of sp³-hybridized carbons (Fsp3) is 0.105. The lowest BCUT2D eigenvalue weighted by Gasteiger charge is -2.14. The van der Waals surface area contributed by atoms with Gasteiger partial charge >= 0.3 is 5.97 Å². The van der Waals surface area contributed by atoms with Gasteiger partial charge in [-0.15, -0.1) is 0 Å². The Morgan fingerprint density at radius 3 is 2.50 bits per heavy atom. The van der Waals surface area contributed by atoms with Gasteiger partial charge in [0.15, 0.2) is 0 Å². The highest BCUT2D eigenvalue weighted by molar-refractivity contribution is 6.31. The maximum atomic E-state index is 12.6. The van der Waals surface area contributed by atoms with Crippen molar-refractivity contribution in [3.8, 4) is 0 Å². The van der Waals surface area contributed by atoms with Crippen LogP contribution in [-0.4, -0.2) is 28.1 Å². The molecule has 0 atom stereocenters. The van der Waals surface area contributed by atoms with Crippen LogP contribution in [0.3, 0.4) is 0 Å². The number of pyridine rings is 1. The smallest absolute Gasteiger partial charge is 0.322 e. The molecule has 0 radical (unpaired) electrons. The number of benzene rings is 2. The molecule has 3 rings (SSSR count). The lowest BCUT2D eigenvalue weighted by molar-refractivity contribution is -0.135. The minimum atomic E-state index is -1.18.